The molecule has 1 aliphatic rings. The van der Waals surface area contributed by atoms with Gasteiger partial charge in [0.2, 0.25) is 0 Å². The van der Waals surface area contributed by atoms with Gasteiger partial charge in [0.05, 0.1) is 12.0 Å². The third kappa shape index (κ3) is 3.36. The van der Waals surface area contributed by atoms with Gasteiger partial charge in [0.25, 0.3) is 0 Å². The number of nitriles is 1. The van der Waals surface area contributed by atoms with Crippen molar-refractivity contribution < 1.29 is 0 Å². The highest BCUT2D eigenvalue weighted by Crippen LogP contribution is 2.21. The fourth-order valence-electron chi connectivity index (χ4n) is 2.14. The van der Waals surface area contributed by atoms with Crippen molar-refractivity contribution in [3.05, 3.63) is 0 Å². The zero-order valence-corrected chi connectivity index (χ0v) is 8.79. The lowest BCUT2D eigenvalue weighted by Gasteiger charge is -2.31. The number of rotatable bonds is 3. The van der Waals surface area contributed by atoms with E-state index in [2.05, 4.69) is 18.0 Å². The van der Waals surface area contributed by atoms with E-state index in [1.807, 2.05) is 6.92 Å². The molecule has 1 saturated carbocycles. The first-order valence-corrected chi connectivity index (χ1v) is 5.34. The molecule has 0 aromatic heterocycles. The van der Waals surface area contributed by atoms with E-state index in [0.29, 0.717) is 0 Å². The van der Waals surface area contributed by atoms with Crippen molar-refractivity contribution in [3.8, 4) is 6.07 Å². The van der Waals surface area contributed by atoms with Gasteiger partial charge in [0.15, 0.2) is 0 Å². The zero-order chi connectivity index (χ0) is 9.68. The summed E-state index contributed by atoms with van der Waals surface area (Å²) in [4.78, 5) is 2.37. The molecule has 0 amide bonds. The van der Waals surface area contributed by atoms with Crippen molar-refractivity contribution in [2.45, 2.75) is 45.1 Å². The topological polar surface area (TPSA) is 27.0 Å². The monoisotopic (exact) mass is 180 g/mol. The molecule has 1 aliphatic carbocycles. The summed E-state index contributed by atoms with van der Waals surface area (Å²) in [7, 11) is 2.16. The Hall–Kier alpha value is -0.550. The summed E-state index contributed by atoms with van der Waals surface area (Å²) in [6.07, 6.45) is 6.80. The summed E-state index contributed by atoms with van der Waals surface area (Å²) < 4.78 is 0. The maximum Gasteiger partial charge on any atom is 0.0666 e. The molecule has 0 aromatic carbocycles. The summed E-state index contributed by atoms with van der Waals surface area (Å²) in [5.74, 6) is 0.173. The van der Waals surface area contributed by atoms with Crippen molar-refractivity contribution in [1.29, 1.82) is 5.26 Å². The minimum atomic E-state index is 0.173. The van der Waals surface area contributed by atoms with Gasteiger partial charge in [-0.3, -0.25) is 0 Å². The molecule has 1 rings (SSSR count). The molecule has 0 heterocycles. The van der Waals surface area contributed by atoms with Crippen LogP contribution >= 0.6 is 0 Å². The third-order valence-corrected chi connectivity index (χ3v) is 2.98. The molecule has 0 spiro atoms. The molecular weight excluding hydrogens is 160 g/mol. The van der Waals surface area contributed by atoms with Gasteiger partial charge in [-0.15, -0.1) is 0 Å². The number of nitrogens with zero attached hydrogens (tertiary/aromatic N) is 2. The fraction of sp³-hybridized carbons (Fsp3) is 0.909. The van der Waals surface area contributed by atoms with Crippen molar-refractivity contribution >= 4 is 0 Å². The highest BCUT2D eigenvalue weighted by molar-refractivity contribution is 4.83. The Morgan fingerprint density at radius 1 is 1.38 bits per heavy atom. The lowest BCUT2D eigenvalue weighted by atomic mass is 9.94. The maximum atomic E-state index is 8.71. The second-order valence-electron chi connectivity index (χ2n) is 4.26. The van der Waals surface area contributed by atoms with Crippen LogP contribution in [0.5, 0.6) is 0 Å². The first-order valence-electron chi connectivity index (χ1n) is 5.34. The second kappa shape index (κ2) is 5.24. The van der Waals surface area contributed by atoms with E-state index < -0.39 is 0 Å². The van der Waals surface area contributed by atoms with E-state index in [-0.39, 0.29) is 5.92 Å². The largest absolute Gasteiger partial charge is 0.302 e. The first kappa shape index (κ1) is 10.5. The van der Waals surface area contributed by atoms with Crippen molar-refractivity contribution in [3.63, 3.8) is 0 Å². The molecule has 13 heavy (non-hydrogen) atoms. The van der Waals surface area contributed by atoms with Crippen molar-refractivity contribution in [1.82, 2.24) is 4.90 Å². The molecular formula is C11H20N2. The molecule has 1 fully saturated rings. The maximum absolute atomic E-state index is 8.71. The molecule has 2 nitrogen and oxygen atoms in total. The van der Waals surface area contributed by atoms with Crippen molar-refractivity contribution in [2.24, 2.45) is 5.92 Å². The van der Waals surface area contributed by atoms with Gasteiger partial charge in [0, 0.05) is 12.6 Å². The lowest BCUT2D eigenvalue weighted by molar-refractivity contribution is 0.181. The van der Waals surface area contributed by atoms with E-state index in [1.165, 1.54) is 32.1 Å². The van der Waals surface area contributed by atoms with Gasteiger partial charge in [-0.25, -0.2) is 0 Å². The Balaban J connectivity index is 2.29. The Labute approximate surface area is 81.5 Å². The summed E-state index contributed by atoms with van der Waals surface area (Å²) in [6.45, 7) is 2.93. The van der Waals surface area contributed by atoms with Crippen LogP contribution in [0.4, 0.5) is 0 Å². The van der Waals surface area contributed by atoms with Crippen LogP contribution in [0.2, 0.25) is 0 Å². The van der Waals surface area contributed by atoms with Crippen LogP contribution in [0.1, 0.15) is 39.0 Å². The Bertz CT molecular complexity index is 177. The third-order valence-electron chi connectivity index (χ3n) is 2.98. The average molecular weight is 180 g/mol. The summed E-state index contributed by atoms with van der Waals surface area (Å²) >= 11 is 0. The Morgan fingerprint density at radius 3 is 2.54 bits per heavy atom. The minimum Gasteiger partial charge on any atom is -0.302 e. The molecule has 0 saturated heterocycles. The molecule has 1 atom stereocenters. The molecule has 74 valence electrons. The van der Waals surface area contributed by atoms with E-state index in [9.17, 15) is 0 Å². The van der Waals surface area contributed by atoms with E-state index >= 15 is 0 Å². The van der Waals surface area contributed by atoms with Crippen molar-refractivity contribution in [2.75, 3.05) is 13.6 Å². The number of hydrogen-bond acceptors (Lipinski definition) is 2. The minimum absolute atomic E-state index is 0.173. The summed E-state index contributed by atoms with van der Waals surface area (Å²) in [5, 5.41) is 8.71. The van der Waals surface area contributed by atoms with Crippen LogP contribution in [0, 0.1) is 17.2 Å². The SMILES string of the molecule is CC(C#N)CN(C)C1CCCCC1. The summed E-state index contributed by atoms with van der Waals surface area (Å²) in [5.41, 5.74) is 0. The Kier molecular flexibility index (Phi) is 4.24. The van der Waals surface area contributed by atoms with Crippen LogP contribution in [0.25, 0.3) is 0 Å². The number of hydrogen-bond donors (Lipinski definition) is 0. The second-order valence-corrected chi connectivity index (χ2v) is 4.26. The predicted octanol–water partition coefficient (Wildman–Crippen LogP) is 2.41. The van der Waals surface area contributed by atoms with Crippen LogP contribution in [0.3, 0.4) is 0 Å². The first-order chi connectivity index (χ1) is 6.24. The normalized spacial score (nSPS) is 21.4. The summed E-state index contributed by atoms with van der Waals surface area (Å²) in [6, 6.07) is 3.03. The molecule has 0 N–H and O–H groups in total. The van der Waals surface area contributed by atoms with Gasteiger partial charge in [-0.2, -0.15) is 5.26 Å². The smallest absolute Gasteiger partial charge is 0.0666 e. The highest BCUT2D eigenvalue weighted by Gasteiger charge is 2.18. The van der Waals surface area contributed by atoms with E-state index in [1.54, 1.807) is 0 Å². The van der Waals surface area contributed by atoms with Crippen LogP contribution in [0.15, 0.2) is 0 Å². The van der Waals surface area contributed by atoms with Gasteiger partial charge in [0.1, 0.15) is 0 Å². The van der Waals surface area contributed by atoms with Crippen LogP contribution in [-0.4, -0.2) is 24.5 Å². The lowest BCUT2D eigenvalue weighted by Crippen LogP contribution is -2.36. The molecule has 0 aromatic rings. The molecule has 2 heteroatoms. The predicted molar refractivity (Wildman–Crippen MR) is 54.3 cm³/mol. The standard InChI is InChI=1S/C11H20N2/c1-10(8-12)9-13(2)11-6-4-3-5-7-11/h10-11H,3-7,9H2,1-2H3. The average Bonchev–Trinajstić information content (AvgIpc) is 2.19. The van der Waals surface area contributed by atoms with Gasteiger partial charge in [-0.1, -0.05) is 19.3 Å². The van der Waals surface area contributed by atoms with Gasteiger partial charge >= 0.3 is 0 Å². The van der Waals surface area contributed by atoms with Crippen LogP contribution in [-0.2, 0) is 0 Å². The van der Waals surface area contributed by atoms with E-state index in [0.717, 1.165) is 12.6 Å². The molecule has 0 aliphatic heterocycles. The Morgan fingerprint density at radius 2 is 2.00 bits per heavy atom. The molecule has 0 bridgehead atoms. The van der Waals surface area contributed by atoms with Crippen LogP contribution < -0.4 is 0 Å². The van der Waals surface area contributed by atoms with Gasteiger partial charge < -0.3 is 4.90 Å². The molecule has 0 radical (unpaired) electrons. The highest BCUT2D eigenvalue weighted by atomic mass is 15.1. The zero-order valence-electron chi connectivity index (χ0n) is 8.79. The van der Waals surface area contributed by atoms with Gasteiger partial charge in [-0.05, 0) is 26.8 Å². The molecule has 1 unspecified atom stereocenters. The fourth-order valence-corrected chi connectivity index (χ4v) is 2.14. The van der Waals surface area contributed by atoms with E-state index in [4.69, 9.17) is 5.26 Å². The quantitative estimate of drug-likeness (QED) is 0.667.